The van der Waals surface area contributed by atoms with E-state index in [-0.39, 0.29) is 0 Å². The normalized spacial score (nSPS) is 16.0. The van der Waals surface area contributed by atoms with Crippen LogP contribution in [0, 0.1) is 5.92 Å². The van der Waals surface area contributed by atoms with Gasteiger partial charge in [-0.2, -0.15) is 0 Å². The summed E-state index contributed by atoms with van der Waals surface area (Å²) in [5, 5.41) is 3.34. The van der Waals surface area contributed by atoms with Crippen LogP contribution in [0.1, 0.15) is 37.7 Å². The lowest BCUT2D eigenvalue weighted by Crippen LogP contribution is -2.15. The predicted octanol–water partition coefficient (Wildman–Crippen LogP) is 2.71. The lowest BCUT2D eigenvalue weighted by molar-refractivity contribution is 0.518. The number of hydrogen-bond donors (Lipinski definition) is 2. The van der Waals surface area contributed by atoms with E-state index in [0.717, 1.165) is 23.8 Å². The SMILES string of the molecule is NC(=S)c1cccnc1NCCC1CCCC1. The van der Waals surface area contributed by atoms with Crippen molar-refractivity contribution in [1.29, 1.82) is 0 Å². The summed E-state index contributed by atoms with van der Waals surface area (Å²) in [6.45, 7) is 0.956. The molecule has 0 spiro atoms. The zero-order chi connectivity index (χ0) is 12.1. The van der Waals surface area contributed by atoms with E-state index in [9.17, 15) is 0 Å². The first-order valence-electron chi connectivity index (χ1n) is 6.26. The van der Waals surface area contributed by atoms with Gasteiger partial charge in [-0.1, -0.05) is 37.9 Å². The molecule has 2 rings (SSSR count). The van der Waals surface area contributed by atoms with Crippen molar-refractivity contribution < 1.29 is 0 Å². The number of anilines is 1. The number of rotatable bonds is 5. The Bertz CT molecular complexity index is 386. The van der Waals surface area contributed by atoms with Crippen molar-refractivity contribution in [2.75, 3.05) is 11.9 Å². The number of nitrogens with zero attached hydrogens (tertiary/aromatic N) is 1. The van der Waals surface area contributed by atoms with Crippen LogP contribution < -0.4 is 11.1 Å². The van der Waals surface area contributed by atoms with Gasteiger partial charge in [0.1, 0.15) is 10.8 Å². The van der Waals surface area contributed by atoms with Crippen LogP contribution in [0.4, 0.5) is 5.82 Å². The molecule has 1 heterocycles. The van der Waals surface area contributed by atoms with Crippen LogP contribution >= 0.6 is 12.2 Å². The Morgan fingerprint density at radius 1 is 1.47 bits per heavy atom. The minimum atomic E-state index is 0.404. The van der Waals surface area contributed by atoms with Gasteiger partial charge in [-0.15, -0.1) is 0 Å². The zero-order valence-corrected chi connectivity index (χ0v) is 10.8. The summed E-state index contributed by atoms with van der Waals surface area (Å²) in [4.78, 5) is 4.69. The molecule has 0 aliphatic heterocycles. The predicted molar refractivity (Wildman–Crippen MR) is 75.2 cm³/mol. The molecule has 1 saturated carbocycles. The summed E-state index contributed by atoms with van der Waals surface area (Å²) in [5.74, 6) is 1.71. The highest BCUT2D eigenvalue weighted by Gasteiger charge is 2.14. The third-order valence-corrected chi connectivity index (χ3v) is 3.61. The monoisotopic (exact) mass is 249 g/mol. The van der Waals surface area contributed by atoms with Crippen molar-refractivity contribution in [1.82, 2.24) is 4.98 Å². The molecule has 1 aromatic heterocycles. The van der Waals surface area contributed by atoms with Crippen LogP contribution in [0.3, 0.4) is 0 Å². The van der Waals surface area contributed by atoms with Gasteiger partial charge in [-0.05, 0) is 24.5 Å². The summed E-state index contributed by atoms with van der Waals surface area (Å²) in [6.07, 6.45) is 8.53. The number of thiocarbonyl (C=S) groups is 1. The van der Waals surface area contributed by atoms with Crippen molar-refractivity contribution in [3.05, 3.63) is 23.9 Å². The summed E-state index contributed by atoms with van der Waals surface area (Å²) < 4.78 is 0. The van der Waals surface area contributed by atoms with Crippen molar-refractivity contribution in [2.45, 2.75) is 32.1 Å². The van der Waals surface area contributed by atoms with Gasteiger partial charge in [-0.25, -0.2) is 4.98 Å². The first-order chi connectivity index (χ1) is 8.27. The van der Waals surface area contributed by atoms with Crippen LogP contribution in [-0.2, 0) is 0 Å². The molecular formula is C13H19N3S. The fourth-order valence-corrected chi connectivity index (χ4v) is 2.60. The molecule has 0 unspecified atom stereocenters. The van der Waals surface area contributed by atoms with Crippen LogP contribution in [0.2, 0.25) is 0 Å². The molecule has 1 aromatic rings. The van der Waals surface area contributed by atoms with Crippen LogP contribution in [0.5, 0.6) is 0 Å². The highest BCUT2D eigenvalue weighted by atomic mass is 32.1. The molecule has 1 aliphatic rings. The van der Waals surface area contributed by atoms with E-state index in [1.165, 1.54) is 32.1 Å². The number of hydrogen-bond acceptors (Lipinski definition) is 3. The summed E-state index contributed by atoms with van der Waals surface area (Å²) in [6, 6.07) is 3.77. The minimum Gasteiger partial charge on any atom is -0.389 e. The van der Waals surface area contributed by atoms with Crippen LogP contribution in [-0.4, -0.2) is 16.5 Å². The van der Waals surface area contributed by atoms with Crippen molar-refractivity contribution in [3.63, 3.8) is 0 Å². The third kappa shape index (κ3) is 3.40. The maximum Gasteiger partial charge on any atom is 0.136 e. The maximum atomic E-state index is 5.66. The lowest BCUT2D eigenvalue weighted by Gasteiger charge is -2.12. The van der Waals surface area contributed by atoms with Gasteiger partial charge in [0.25, 0.3) is 0 Å². The molecule has 3 nitrogen and oxygen atoms in total. The fourth-order valence-electron chi connectivity index (χ4n) is 2.44. The van der Waals surface area contributed by atoms with Crippen molar-refractivity contribution in [3.8, 4) is 0 Å². The van der Waals surface area contributed by atoms with E-state index in [1.807, 2.05) is 12.1 Å². The van der Waals surface area contributed by atoms with E-state index in [0.29, 0.717) is 4.99 Å². The van der Waals surface area contributed by atoms with Gasteiger partial charge < -0.3 is 11.1 Å². The molecule has 0 atom stereocenters. The Labute approximate surface area is 108 Å². The van der Waals surface area contributed by atoms with Crippen molar-refractivity contribution >= 4 is 23.0 Å². The molecule has 0 bridgehead atoms. The van der Waals surface area contributed by atoms with Crippen LogP contribution in [0.25, 0.3) is 0 Å². The number of pyridine rings is 1. The molecule has 4 heteroatoms. The molecule has 1 fully saturated rings. The second kappa shape index (κ2) is 5.96. The molecular weight excluding hydrogens is 230 g/mol. The summed E-state index contributed by atoms with van der Waals surface area (Å²) in [7, 11) is 0. The summed E-state index contributed by atoms with van der Waals surface area (Å²) >= 11 is 5.01. The van der Waals surface area contributed by atoms with E-state index in [2.05, 4.69) is 10.3 Å². The average molecular weight is 249 g/mol. The Hall–Kier alpha value is -1.16. The zero-order valence-electron chi connectivity index (χ0n) is 9.98. The molecule has 0 radical (unpaired) electrons. The Kier molecular flexibility index (Phi) is 4.31. The highest BCUT2D eigenvalue weighted by Crippen LogP contribution is 2.27. The van der Waals surface area contributed by atoms with E-state index in [1.54, 1.807) is 6.20 Å². The second-order valence-electron chi connectivity index (χ2n) is 4.63. The lowest BCUT2D eigenvalue weighted by atomic mass is 10.0. The van der Waals surface area contributed by atoms with Gasteiger partial charge in [-0.3, -0.25) is 0 Å². The number of nitrogens with one attached hydrogen (secondary N) is 1. The molecule has 17 heavy (non-hydrogen) atoms. The Balaban J connectivity index is 1.87. The quantitative estimate of drug-likeness (QED) is 0.788. The largest absolute Gasteiger partial charge is 0.389 e. The van der Waals surface area contributed by atoms with Gasteiger partial charge in [0, 0.05) is 12.7 Å². The molecule has 0 saturated heterocycles. The number of aromatic nitrogens is 1. The molecule has 0 amide bonds. The smallest absolute Gasteiger partial charge is 0.136 e. The Morgan fingerprint density at radius 2 is 2.24 bits per heavy atom. The fraction of sp³-hybridized carbons (Fsp3) is 0.538. The molecule has 1 aliphatic carbocycles. The standard InChI is InChI=1S/C13H19N3S/c14-12(17)11-6-3-8-15-13(11)16-9-7-10-4-1-2-5-10/h3,6,8,10H,1-2,4-5,7,9H2,(H2,14,17)(H,15,16). The Morgan fingerprint density at radius 3 is 2.94 bits per heavy atom. The first kappa shape index (κ1) is 12.3. The molecule has 3 N–H and O–H groups in total. The second-order valence-corrected chi connectivity index (χ2v) is 5.07. The van der Waals surface area contributed by atoms with Gasteiger partial charge in [0.05, 0.1) is 5.56 Å². The van der Waals surface area contributed by atoms with Gasteiger partial charge >= 0.3 is 0 Å². The maximum absolute atomic E-state index is 5.66. The van der Waals surface area contributed by atoms with E-state index < -0.39 is 0 Å². The average Bonchev–Trinajstić information content (AvgIpc) is 2.82. The van der Waals surface area contributed by atoms with E-state index in [4.69, 9.17) is 18.0 Å². The van der Waals surface area contributed by atoms with Gasteiger partial charge in [0.15, 0.2) is 0 Å². The molecule has 0 aromatic carbocycles. The van der Waals surface area contributed by atoms with Crippen LogP contribution in [0.15, 0.2) is 18.3 Å². The minimum absolute atomic E-state index is 0.404. The van der Waals surface area contributed by atoms with Crippen molar-refractivity contribution in [2.24, 2.45) is 11.7 Å². The number of nitrogens with two attached hydrogens (primary N) is 1. The van der Waals surface area contributed by atoms with E-state index >= 15 is 0 Å². The topological polar surface area (TPSA) is 50.9 Å². The third-order valence-electron chi connectivity index (χ3n) is 3.39. The molecule has 92 valence electrons. The highest BCUT2D eigenvalue weighted by molar-refractivity contribution is 7.80. The van der Waals surface area contributed by atoms with Gasteiger partial charge in [0.2, 0.25) is 0 Å². The first-order valence-corrected chi connectivity index (χ1v) is 6.67. The summed E-state index contributed by atoms with van der Waals surface area (Å²) in [5.41, 5.74) is 6.50.